The van der Waals surface area contributed by atoms with E-state index in [-0.39, 0.29) is 0 Å². The summed E-state index contributed by atoms with van der Waals surface area (Å²) in [4.78, 5) is 8.12. The Balaban J connectivity index is 1.51. The molecule has 2 N–H and O–H groups in total. The van der Waals surface area contributed by atoms with Crippen molar-refractivity contribution < 1.29 is 0 Å². The van der Waals surface area contributed by atoms with Crippen molar-refractivity contribution in [3.63, 3.8) is 0 Å². The molecule has 1 unspecified atom stereocenters. The number of aromatic nitrogens is 2. The Morgan fingerprint density at radius 3 is 2.68 bits per heavy atom. The fourth-order valence-electron chi connectivity index (χ4n) is 3.14. The Morgan fingerprint density at radius 1 is 1.00 bits per heavy atom. The van der Waals surface area contributed by atoms with E-state index in [0.29, 0.717) is 6.04 Å². The van der Waals surface area contributed by atoms with Crippen molar-refractivity contribution in [3.05, 3.63) is 72.1 Å². The third-order valence-electron chi connectivity index (χ3n) is 4.24. The van der Waals surface area contributed by atoms with Crippen LogP contribution in [0, 0.1) is 0 Å². The summed E-state index contributed by atoms with van der Waals surface area (Å²) < 4.78 is 0. The maximum atomic E-state index is 4.69. The van der Waals surface area contributed by atoms with Crippen LogP contribution in [0.2, 0.25) is 0 Å². The van der Waals surface area contributed by atoms with Gasteiger partial charge in [0.1, 0.15) is 5.82 Å². The average Bonchev–Trinajstić information content (AvgIpc) is 2.98. The van der Waals surface area contributed by atoms with E-state index in [2.05, 4.69) is 63.8 Å². The van der Waals surface area contributed by atoms with Gasteiger partial charge in [-0.05, 0) is 29.7 Å². The minimum absolute atomic E-state index is 0.431. The molecule has 1 atom stereocenters. The van der Waals surface area contributed by atoms with Crippen LogP contribution in [-0.4, -0.2) is 22.6 Å². The molecule has 2 aromatic carbocycles. The fraction of sp³-hybridized carbons (Fsp3) is 0.211. The van der Waals surface area contributed by atoms with Gasteiger partial charge < -0.3 is 10.3 Å². The van der Waals surface area contributed by atoms with E-state index in [4.69, 9.17) is 0 Å². The van der Waals surface area contributed by atoms with Crippen molar-refractivity contribution in [2.45, 2.75) is 18.9 Å². The van der Waals surface area contributed by atoms with E-state index < -0.39 is 0 Å². The average molecular weight is 289 g/mol. The molecule has 0 aliphatic carbocycles. The lowest BCUT2D eigenvalue weighted by Gasteiger charge is -2.24. The number of fused-ring (bicyclic) bond motifs is 1. The van der Waals surface area contributed by atoms with Crippen LogP contribution in [0.1, 0.15) is 17.8 Å². The lowest BCUT2D eigenvalue weighted by Crippen LogP contribution is -2.35. The maximum absolute atomic E-state index is 4.69. The zero-order valence-corrected chi connectivity index (χ0v) is 12.4. The molecule has 1 aromatic heterocycles. The van der Waals surface area contributed by atoms with Crippen LogP contribution in [-0.2, 0) is 6.42 Å². The van der Waals surface area contributed by atoms with Crippen molar-refractivity contribution in [1.82, 2.24) is 15.3 Å². The second-order valence-corrected chi connectivity index (χ2v) is 5.81. The summed E-state index contributed by atoms with van der Waals surface area (Å²) in [6.07, 6.45) is 4.27. The Kier molecular flexibility index (Phi) is 3.49. The van der Waals surface area contributed by atoms with Gasteiger partial charge >= 0.3 is 0 Å². The molecule has 22 heavy (non-hydrogen) atoms. The molecular weight excluding hydrogens is 270 g/mol. The number of aromatic amines is 1. The van der Waals surface area contributed by atoms with Crippen molar-refractivity contribution in [3.8, 4) is 0 Å². The molecule has 0 fully saturated rings. The van der Waals surface area contributed by atoms with E-state index in [1.54, 1.807) is 0 Å². The van der Waals surface area contributed by atoms with Gasteiger partial charge in [-0.1, -0.05) is 48.5 Å². The highest BCUT2D eigenvalue weighted by atomic mass is 15.0. The monoisotopic (exact) mass is 289 g/mol. The van der Waals surface area contributed by atoms with Crippen LogP contribution >= 0.6 is 0 Å². The number of nitrogens with zero attached hydrogens (tertiary/aromatic N) is 1. The third kappa shape index (κ3) is 2.68. The Morgan fingerprint density at radius 2 is 1.82 bits per heavy atom. The summed E-state index contributed by atoms with van der Waals surface area (Å²) in [7, 11) is 0. The van der Waals surface area contributed by atoms with E-state index in [9.17, 15) is 0 Å². The van der Waals surface area contributed by atoms with Crippen LogP contribution in [0.4, 0.5) is 0 Å². The Labute approximate surface area is 130 Å². The Bertz CT molecular complexity index is 769. The number of imidazole rings is 1. The molecule has 0 saturated heterocycles. The smallest absolute Gasteiger partial charge is 0.108 e. The highest BCUT2D eigenvalue weighted by Gasteiger charge is 2.17. The summed E-state index contributed by atoms with van der Waals surface area (Å²) >= 11 is 0. The SMILES string of the molecule is C1=C(c2ccccc2)CC(Cc2nc3ccccc3[nH]2)NC1. The van der Waals surface area contributed by atoms with Crippen molar-refractivity contribution in [2.24, 2.45) is 0 Å². The number of rotatable bonds is 3. The first-order valence-electron chi connectivity index (χ1n) is 7.80. The summed E-state index contributed by atoms with van der Waals surface area (Å²) in [5.41, 5.74) is 4.93. The van der Waals surface area contributed by atoms with Crippen LogP contribution < -0.4 is 5.32 Å². The molecule has 1 aliphatic rings. The maximum Gasteiger partial charge on any atom is 0.108 e. The normalized spacial score (nSPS) is 18.4. The molecule has 3 aromatic rings. The van der Waals surface area contributed by atoms with E-state index in [1.165, 1.54) is 11.1 Å². The quantitative estimate of drug-likeness (QED) is 0.774. The van der Waals surface area contributed by atoms with Gasteiger partial charge in [0.25, 0.3) is 0 Å². The molecule has 110 valence electrons. The topological polar surface area (TPSA) is 40.7 Å². The second-order valence-electron chi connectivity index (χ2n) is 5.81. The number of hydrogen-bond donors (Lipinski definition) is 2. The number of para-hydroxylation sites is 2. The molecule has 0 saturated carbocycles. The molecule has 0 amide bonds. The molecule has 3 nitrogen and oxygen atoms in total. The Hall–Kier alpha value is -2.39. The molecule has 2 heterocycles. The summed E-state index contributed by atoms with van der Waals surface area (Å²) in [6.45, 7) is 0.926. The first-order valence-corrected chi connectivity index (χ1v) is 7.80. The molecular formula is C19H19N3. The summed E-state index contributed by atoms with van der Waals surface area (Å²) in [5, 5.41) is 3.58. The van der Waals surface area contributed by atoms with Crippen LogP contribution in [0.25, 0.3) is 16.6 Å². The van der Waals surface area contributed by atoms with Gasteiger partial charge in [-0.3, -0.25) is 0 Å². The lowest BCUT2D eigenvalue weighted by atomic mass is 9.94. The van der Waals surface area contributed by atoms with Crippen molar-refractivity contribution in [1.29, 1.82) is 0 Å². The van der Waals surface area contributed by atoms with Gasteiger partial charge in [0.05, 0.1) is 11.0 Å². The standard InChI is InChI=1S/C19H19N3/c1-2-6-14(7-3-1)15-10-11-20-16(12-15)13-19-21-17-8-4-5-9-18(17)22-19/h1-10,16,20H,11-13H2,(H,21,22). The van der Waals surface area contributed by atoms with Crippen LogP contribution in [0.3, 0.4) is 0 Å². The molecule has 4 rings (SSSR count). The van der Waals surface area contributed by atoms with Crippen molar-refractivity contribution in [2.75, 3.05) is 6.54 Å². The number of hydrogen-bond acceptors (Lipinski definition) is 2. The van der Waals surface area contributed by atoms with E-state index in [1.807, 2.05) is 12.1 Å². The fourth-order valence-corrected chi connectivity index (χ4v) is 3.14. The largest absolute Gasteiger partial charge is 0.342 e. The van der Waals surface area contributed by atoms with Gasteiger partial charge in [0.15, 0.2) is 0 Å². The van der Waals surface area contributed by atoms with Gasteiger partial charge in [-0.25, -0.2) is 4.98 Å². The van der Waals surface area contributed by atoms with E-state index >= 15 is 0 Å². The van der Waals surface area contributed by atoms with E-state index in [0.717, 1.165) is 36.2 Å². The minimum Gasteiger partial charge on any atom is -0.342 e. The van der Waals surface area contributed by atoms with Crippen LogP contribution in [0.5, 0.6) is 0 Å². The highest BCUT2D eigenvalue weighted by molar-refractivity contribution is 5.74. The first kappa shape index (κ1) is 13.3. The van der Waals surface area contributed by atoms with Gasteiger partial charge in [0.2, 0.25) is 0 Å². The highest BCUT2D eigenvalue weighted by Crippen LogP contribution is 2.23. The predicted octanol–water partition coefficient (Wildman–Crippen LogP) is 3.55. The summed E-state index contributed by atoms with van der Waals surface area (Å²) in [6, 6.07) is 19.3. The zero-order chi connectivity index (χ0) is 14.8. The number of nitrogens with one attached hydrogen (secondary N) is 2. The van der Waals surface area contributed by atoms with Gasteiger partial charge in [0, 0.05) is 19.0 Å². The van der Waals surface area contributed by atoms with Crippen LogP contribution in [0.15, 0.2) is 60.7 Å². The molecule has 0 spiro atoms. The molecule has 1 aliphatic heterocycles. The predicted molar refractivity (Wildman–Crippen MR) is 90.6 cm³/mol. The zero-order valence-electron chi connectivity index (χ0n) is 12.4. The molecule has 0 radical (unpaired) electrons. The summed E-state index contributed by atoms with van der Waals surface area (Å²) in [5.74, 6) is 1.06. The number of H-pyrrole nitrogens is 1. The minimum atomic E-state index is 0.431. The first-order chi connectivity index (χ1) is 10.9. The second kappa shape index (κ2) is 5.78. The lowest BCUT2D eigenvalue weighted by molar-refractivity contribution is 0.524. The van der Waals surface area contributed by atoms with Gasteiger partial charge in [-0.2, -0.15) is 0 Å². The molecule has 3 heteroatoms. The van der Waals surface area contributed by atoms with Gasteiger partial charge in [-0.15, -0.1) is 0 Å². The third-order valence-corrected chi connectivity index (χ3v) is 4.24. The molecule has 0 bridgehead atoms. The van der Waals surface area contributed by atoms with Crippen molar-refractivity contribution >= 4 is 16.6 Å². The number of benzene rings is 2.